The van der Waals surface area contributed by atoms with E-state index in [2.05, 4.69) is 40.9 Å². The van der Waals surface area contributed by atoms with Gasteiger partial charge in [0.2, 0.25) is 5.91 Å². The minimum absolute atomic E-state index is 0.136. The summed E-state index contributed by atoms with van der Waals surface area (Å²) in [5.74, 6) is -0.0854. The van der Waals surface area contributed by atoms with E-state index in [1.165, 1.54) is 16.5 Å². The van der Waals surface area contributed by atoms with Gasteiger partial charge in [0, 0.05) is 49.5 Å². The van der Waals surface area contributed by atoms with Gasteiger partial charge in [0.25, 0.3) is 11.5 Å². The van der Waals surface area contributed by atoms with Crippen molar-refractivity contribution >= 4 is 22.6 Å². The molecule has 1 saturated heterocycles. The Hall–Kier alpha value is -4.14. The molecule has 36 heavy (non-hydrogen) atoms. The molecule has 2 amide bonds. The summed E-state index contributed by atoms with van der Waals surface area (Å²) in [6.07, 6.45) is 3.15. The minimum Gasteiger partial charge on any atom is -0.459 e. The zero-order chi connectivity index (χ0) is 25.4. The molecular formula is C27H29N5O4. The number of benzene rings is 1. The molecule has 0 aliphatic carbocycles. The maximum absolute atomic E-state index is 13.4. The summed E-state index contributed by atoms with van der Waals surface area (Å²) in [6, 6.07) is 11.7. The smallest absolute Gasteiger partial charge is 0.289 e. The number of fused-ring (bicyclic) bond motifs is 1. The molecule has 9 heteroatoms. The zero-order valence-electron chi connectivity index (χ0n) is 20.7. The van der Waals surface area contributed by atoms with Crippen LogP contribution in [0.15, 0.2) is 58.1 Å². The second-order valence-corrected chi connectivity index (χ2v) is 9.29. The van der Waals surface area contributed by atoms with Crippen molar-refractivity contribution in [2.24, 2.45) is 0 Å². The van der Waals surface area contributed by atoms with Gasteiger partial charge in [0.05, 0.1) is 17.8 Å². The van der Waals surface area contributed by atoms with Crippen molar-refractivity contribution in [3.8, 4) is 0 Å². The van der Waals surface area contributed by atoms with Gasteiger partial charge >= 0.3 is 0 Å². The summed E-state index contributed by atoms with van der Waals surface area (Å²) in [6.45, 7) is 8.12. The van der Waals surface area contributed by atoms with Crippen LogP contribution in [0, 0.1) is 20.8 Å². The third-order valence-electron chi connectivity index (χ3n) is 7.00. The summed E-state index contributed by atoms with van der Waals surface area (Å²) in [5, 5.41) is 5.72. The summed E-state index contributed by atoms with van der Waals surface area (Å²) in [5.41, 5.74) is 3.92. The summed E-state index contributed by atoms with van der Waals surface area (Å²) in [7, 11) is 0. The van der Waals surface area contributed by atoms with E-state index in [-0.39, 0.29) is 23.9 Å². The van der Waals surface area contributed by atoms with Crippen molar-refractivity contribution in [2.75, 3.05) is 26.2 Å². The lowest BCUT2D eigenvalue weighted by atomic mass is 10.1. The number of aryl methyl sites for hydroxylation is 3. The van der Waals surface area contributed by atoms with Gasteiger partial charge in [-0.05, 0) is 38.5 Å². The number of carbonyl (C=O) groups excluding carboxylic acids is 2. The fourth-order valence-corrected chi connectivity index (χ4v) is 4.81. The van der Waals surface area contributed by atoms with Gasteiger partial charge in [-0.1, -0.05) is 29.8 Å². The van der Waals surface area contributed by atoms with Crippen LogP contribution in [0.2, 0.25) is 0 Å². The molecule has 4 heterocycles. The van der Waals surface area contributed by atoms with E-state index in [0.717, 1.165) is 22.3 Å². The maximum Gasteiger partial charge on any atom is 0.289 e. The van der Waals surface area contributed by atoms with E-state index in [9.17, 15) is 14.4 Å². The second-order valence-electron chi connectivity index (χ2n) is 9.29. The number of hydrogen-bond acceptors (Lipinski definition) is 5. The fraction of sp³-hybridized carbons (Fsp3) is 0.333. The van der Waals surface area contributed by atoms with Crippen LogP contribution >= 0.6 is 0 Å². The Morgan fingerprint density at radius 1 is 0.944 bits per heavy atom. The minimum atomic E-state index is -0.268. The Bertz CT molecular complexity index is 1470. The summed E-state index contributed by atoms with van der Waals surface area (Å²) in [4.78, 5) is 42.1. The highest BCUT2D eigenvalue weighted by atomic mass is 16.3. The van der Waals surface area contributed by atoms with E-state index in [1.54, 1.807) is 28.1 Å². The highest BCUT2D eigenvalue weighted by Gasteiger charge is 2.27. The van der Waals surface area contributed by atoms with Crippen LogP contribution < -0.4 is 5.56 Å². The van der Waals surface area contributed by atoms with Crippen LogP contribution in [-0.4, -0.2) is 62.1 Å². The molecule has 0 radical (unpaired) electrons. The number of aromatic nitrogens is 3. The summed E-state index contributed by atoms with van der Waals surface area (Å²) < 4.78 is 8.56. The lowest BCUT2D eigenvalue weighted by Crippen LogP contribution is -2.51. The lowest BCUT2D eigenvalue weighted by molar-refractivity contribution is -0.133. The molecule has 0 N–H and O–H groups in total. The standard InChI is InChI=1S/C27H29N5O4/c1-18-6-8-21(9-7-18)16-31-19(2)22-15-28-32(27(35)25(22)20(31)3)17-24(33)29-10-12-30(13-11-29)26(34)23-5-4-14-36-23/h4-9,14-15H,10-13,16-17H2,1-3H3. The molecule has 0 atom stereocenters. The molecule has 1 fully saturated rings. The first-order valence-corrected chi connectivity index (χ1v) is 12.0. The second kappa shape index (κ2) is 9.49. The topological polar surface area (TPSA) is 93.6 Å². The molecule has 5 rings (SSSR count). The Morgan fingerprint density at radius 2 is 1.64 bits per heavy atom. The van der Waals surface area contributed by atoms with Crippen molar-refractivity contribution in [3.63, 3.8) is 0 Å². The number of furan rings is 1. The van der Waals surface area contributed by atoms with Gasteiger partial charge in [-0.2, -0.15) is 5.10 Å². The van der Waals surface area contributed by atoms with Crippen LogP contribution in [0.3, 0.4) is 0 Å². The third-order valence-corrected chi connectivity index (χ3v) is 7.00. The van der Waals surface area contributed by atoms with Gasteiger partial charge in [0.1, 0.15) is 6.54 Å². The third kappa shape index (κ3) is 4.32. The van der Waals surface area contributed by atoms with Gasteiger partial charge in [-0.15, -0.1) is 0 Å². The number of rotatable bonds is 5. The molecular weight excluding hydrogens is 458 g/mol. The van der Waals surface area contributed by atoms with E-state index in [1.807, 2.05) is 13.8 Å². The average molecular weight is 488 g/mol. The quantitative estimate of drug-likeness (QED) is 0.432. The number of nitrogens with zero attached hydrogens (tertiary/aromatic N) is 5. The number of piperazine rings is 1. The number of hydrogen-bond donors (Lipinski definition) is 0. The van der Waals surface area contributed by atoms with Gasteiger partial charge in [0.15, 0.2) is 5.76 Å². The Morgan fingerprint density at radius 3 is 2.31 bits per heavy atom. The van der Waals surface area contributed by atoms with E-state index in [0.29, 0.717) is 43.9 Å². The summed E-state index contributed by atoms with van der Waals surface area (Å²) >= 11 is 0. The van der Waals surface area contributed by atoms with Crippen LogP contribution in [0.1, 0.15) is 33.1 Å². The highest BCUT2D eigenvalue weighted by Crippen LogP contribution is 2.23. The molecule has 0 saturated carbocycles. The Labute approximate surface area is 208 Å². The van der Waals surface area contributed by atoms with Crippen LogP contribution in [-0.2, 0) is 17.9 Å². The first-order valence-electron chi connectivity index (χ1n) is 12.0. The molecule has 186 valence electrons. The maximum atomic E-state index is 13.4. The Kier molecular flexibility index (Phi) is 6.22. The van der Waals surface area contributed by atoms with Gasteiger partial charge in [-0.3, -0.25) is 14.4 Å². The Balaban J connectivity index is 1.31. The van der Waals surface area contributed by atoms with Crippen molar-refractivity contribution in [1.82, 2.24) is 24.1 Å². The fourth-order valence-electron chi connectivity index (χ4n) is 4.81. The van der Waals surface area contributed by atoms with E-state index < -0.39 is 0 Å². The SMILES string of the molecule is Cc1ccc(Cn2c(C)c3cnn(CC(=O)N4CCN(C(=O)c5ccco5)CC4)c(=O)c3c2C)cc1. The number of amides is 2. The zero-order valence-corrected chi connectivity index (χ0v) is 20.7. The molecule has 1 aromatic carbocycles. The van der Waals surface area contributed by atoms with E-state index in [4.69, 9.17) is 4.42 Å². The van der Waals surface area contributed by atoms with Crippen molar-refractivity contribution in [2.45, 2.75) is 33.9 Å². The molecule has 0 unspecified atom stereocenters. The van der Waals surface area contributed by atoms with Gasteiger partial charge < -0.3 is 18.8 Å². The predicted octanol–water partition coefficient (Wildman–Crippen LogP) is 2.75. The number of carbonyl (C=O) groups is 2. The molecule has 1 aliphatic heterocycles. The van der Waals surface area contributed by atoms with E-state index >= 15 is 0 Å². The van der Waals surface area contributed by atoms with Crippen molar-refractivity contribution in [1.29, 1.82) is 0 Å². The molecule has 4 aromatic rings. The largest absolute Gasteiger partial charge is 0.459 e. The molecule has 3 aromatic heterocycles. The molecule has 9 nitrogen and oxygen atoms in total. The first kappa shape index (κ1) is 23.6. The predicted molar refractivity (Wildman–Crippen MR) is 135 cm³/mol. The first-order chi connectivity index (χ1) is 17.3. The molecule has 0 spiro atoms. The highest BCUT2D eigenvalue weighted by molar-refractivity contribution is 5.91. The monoisotopic (exact) mass is 487 g/mol. The van der Waals surface area contributed by atoms with Crippen LogP contribution in [0.25, 0.3) is 10.8 Å². The van der Waals surface area contributed by atoms with Gasteiger partial charge in [-0.25, -0.2) is 4.68 Å². The van der Waals surface area contributed by atoms with Crippen LogP contribution in [0.4, 0.5) is 0 Å². The lowest BCUT2D eigenvalue weighted by Gasteiger charge is -2.34. The molecule has 1 aliphatic rings. The normalized spacial score (nSPS) is 14.0. The van der Waals surface area contributed by atoms with Crippen LogP contribution in [0.5, 0.6) is 0 Å². The molecule has 0 bridgehead atoms. The van der Waals surface area contributed by atoms with Crippen molar-refractivity contribution in [3.05, 3.63) is 87.5 Å². The van der Waals surface area contributed by atoms with Crippen molar-refractivity contribution < 1.29 is 14.0 Å². The average Bonchev–Trinajstić information content (AvgIpc) is 3.50.